The third-order valence-electron chi connectivity index (χ3n) is 2.85. The van der Waals surface area contributed by atoms with Crippen LogP contribution in [0.3, 0.4) is 0 Å². The van der Waals surface area contributed by atoms with Gasteiger partial charge in [0.2, 0.25) is 0 Å². The van der Waals surface area contributed by atoms with E-state index >= 15 is 0 Å². The number of aliphatic imine (C=N–C) groups is 1. The predicted molar refractivity (Wildman–Crippen MR) is 100 cm³/mol. The number of guanidine groups is 1. The first-order valence-corrected chi connectivity index (χ1v) is 8.64. The van der Waals surface area contributed by atoms with Gasteiger partial charge in [-0.05, 0) is 23.4 Å². The summed E-state index contributed by atoms with van der Waals surface area (Å²) in [7, 11) is 0. The van der Waals surface area contributed by atoms with E-state index in [0.717, 1.165) is 35.4 Å². The van der Waals surface area contributed by atoms with Crippen LogP contribution in [0.4, 0.5) is 0 Å². The molecule has 2 N–H and O–H groups in total. The molecule has 1 aromatic rings. The van der Waals surface area contributed by atoms with Crippen molar-refractivity contribution in [3.05, 3.63) is 23.9 Å². The van der Waals surface area contributed by atoms with Crippen LogP contribution in [-0.2, 0) is 6.54 Å². The smallest absolute Gasteiger partial charge is 0.191 e. The second kappa shape index (κ2) is 9.73. The second-order valence-electron chi connectivity index (χ2n) is 4.21. The Kier molecular flexibility index (Phi) is 8.70. The van der Waals surface area contributed by atoms with Gasteiger partial charge in [0.25, 0.3) is 0 Å². The molecular weight excluding hydrogens is 403 g/mol. The first kappa shape index (κ1) is 17.9. The van der Waals surface area contributed by atoms with E-state index in [9.17, 15) is 0 Å². The standard InChI is InChI=1S/C13H20N4S2.HI/c1-2-19-12-9-11(3-4-15-12)10-16-13(14)17-5-7-18-8-6-17;/h3-4,9H,2,5-8,10H2,1H3,(H2,14,16);1H. The summed E-state index contributed by atoms with van der Waals surface area (Å²) in [6.07, 6.45) is 1.84. The number of hydrogen-bond acceptors (Lipinski definition) is 4. The van der Waals surface area contributed by atoms with Gasteiger partial charge < -0.3 is 10.6 Å². The van der Waals surface area contributed by atoms with Crippen LogP contribution < -0.4 is 5.73 Å². The van der Waals surface area contributed by atoms with Gasteiger partial charge in [0.15, 0.2) is 5.96 Å². The Labute approximate surface area is 146 Å². The highest BCUT2D eigenvalue weighted by molar-refractivity contribution is 14.0. The van der Waals surface area contributed by atoms with E-state index in [1.54, 1.807) is 11.8 Å². The van der Waals surface area contributed by atoms with Crippen molar-refractivity contribution < 1.29 is 0 Å². The van der Waals surface area contributed by atoms with Gasteiger partial charge in [0.05, 0.1) is 11.6 Å². The molecule has 0 bridgehead atoms. The Morgan fingerprint density at radius 3 is 2.95 bits per heavy atom. The number of pyridine rings is 1. The highest BCUT2D eigenvalue weighted by Gasteiger charge is 2.11. The number of aromatic nitrogens is 1. The van der Waals surface area contributed by atoms with Crippen LogP contribution in [0.2, 0.25) is 0 Å². The number of halogens is 1. The SMILES string of the molecule is CCSc1cc(CN=C(N)N2CCSCC2)ccn1.I. The normalized spacial score (nSPS) is 15.8. The number of hydrogen-bond donors (Lipinski definition) is 1. The average Bonchev–Trinajstić information content (AvgIpc) is 2.46. The molecule has 2 rings (SSSR count). The number of nitrogens with two attached hydrogens (primary N) is 1. The zero-order valence-corrected chi connectivity index (χ0v) is 15.6. The van der Waals surface area contributed by atoms with E-state index in [4.69, 9.17) is 5.73 Å². The van der Waals surface area contributed by atoms with Crippen molar-refractivity contribution in [2.24, 2.45) is 10.7 Å². The molecule has 7 heteroatoms. The minimum atomic E-state index is 0. The van der Waals surface area contributed by atoms with Crippen LogP contribution in [0.25, 0.3) is 0 Å². The van der Waals surface area contributed by atoms with Gasteiger partial charge in [0.1, 0.15) is 0 Å². The molecule has 0 atom stereocenters. The van der Waals surface area contributed by atoms with Crippen LogP contribution in [0.15, 0.2) is 28.3 Å². The van der Waals surface area contributed by atoms with Crippen molar-refractivity contribution in [2.45, 2.75) is 18.5 Å². The number of thioether (sulfide) groups is 2. The third-order valence-corrected chi connectivity index (χ3v) is 4.60. The largest absolute Gasteiger partial charge is 0.370 e. The molecular formula is C13H21IN4S2. The highest BCUT2D eigenvalue weighted by Crippen LogP contribution is 2.16. The van der Waals surface area contributed by atoms with Crippen molar-refractivity contribution >= 4 is 53.5 Å². The zero-order valence-electron chi connectivity index (χ0n) is 11.6. The van der Waals surface area contributed by atoms with Crippen LogP contribution >= 0.6 is 47.5 Å². The van der Waals surface area contributed by atoms with Crippen molar-refractivity contribution in [1.29, 1.82) is 0 Å². The van der Waals surface area contributed by atoms with E-state index in [1.165, 1.54) is 5.56 Å². The van der Waals surface area contributed by atoms with E-state index in [1.807, 2.05) is 24.0 Å². The van der Waals surface area contributed by atoms with E-state index < -0.39 is 0 Å². The molecule has 1 fully saturated rings. The highest BCUT2D eigenvalue weighted by atomic mass is 127. The van der Waals surface area contributed by atoms with Crippen LogP contribution in [-0.4, -0.2) is 46.2 Å². The maximum Gasteiger partial charge on any atom is 0.191 e. The lowest BCUT2D eigenvalue weighted by Crippen LogP contribution is -2.42. The van der Waals surface area contributed by atoms with Gasteiger partial charge in [-0.2, -0.15) is 11.8 Å². The predicted octanol–water partition coefficient (Wildman–Crippen LogP) is 2.68. The Bertz CT molecular complexity index is 436. The van der Waals surface area contributed by atoms with Gasteiger partial charge >= 0.3 is 0 Å². The average molecular weight is 424 g/mol. The molecule has 1 aliphatic rings. The van der Waals surface area contributed by atoms with E-state index in [-0.39, 0.29) is 24.0 Å². The van der Waals surface area contributed by atoms with Crippen molar-refractivity contribution in [3.8, 4) is 0 Å². The molecule has 0 amide bonds. The quantitative estimate of drug-likeness (QED) is 0.349. The zero-order chi connectivity index (χ0) is 13.5. The Hall–Kier alpha value is -0.150. The van der Waals surface area contributed by atoms with Crippen LogP contribution in [0, 0.1) is 0 Å². The lowest BCUT2D eigenvalue weighted by Gasteiger charge is -2.27. The Balaban J connectivity index is 0.00000200. The maximum absolute atomic E-state index is 6.04. The van der Waals surface area contributed by atoms with Crippen molar-refractivity contribution in [2.75, 3.05) is 30.3 Å². The monoisotopic (exact) mass is 424 g/mol. The van der Waals surface area contributed by atoms with Crippen molar-refractivity contribution in [3.63, 3.8) is 0 Å². The molecule has 1 aliphatic heterocycles. The van der Waals surface area contributed by atoms with Gasteiger partial charge in [-0.1, -0.05) is 6.92 Å². The van der Waals surface area contributed by atoms with Gasteiger partial charge in [-0.15, -0.1) is 35.7 Å². The maximum atomic E-state index is 6.04. The van der Waals surface area contributed by atoms with Crippen LogP contribution in [0.1, 0.15) is 12.5 Å². The minimum absolute atomic E-state index is 0. The van der Waals surface area contributed by atoms with Crippen molar-refractivity contribution in [1.82, 2.24) is 9.88 Å². The first-order valence-electron chi connectivity index (χ1n) is 6.50. The Morgan fingerprint density at radius 2 is 2.25 bits per heavy atom. The molecule has 0 aromatic carbocycles. The molecule has 1 saturated heterocycles. The summed E-state index contributed by atoms with van der Waals surface area (Å²) in [4.78, 5) is 11.0. The van der Waals surface area contributed by atoms with E-state index in [0.29, 0.717) is 12.5 Å². The fraction of sp³-hybridized carbons (Fsp3) is 0.538. The molecule has 0 unspecified atom stereocenters. The summed E-state index contributed by atoms with van der Waals surface area (Å²) >= 11 is 3.72. The fourth-order valence-corrected chi connectivity index (χ4v) is 3.41. The molecule has 2 heterocycles. The molecule has 20 heavy (non-hydrogen) atoms. The molecule has 0 aliphatic carbocycles. The molecule has 4 nitrogen and oxygen atoms in total. The summed E-state index contributed by atoms with van der Waals surface area (Å²) in [6, 6.07) is 4.10. The minimum Gasteiger partial charge on any atom is -0.370 e. The summed E-state index contributed by atoms with van der Waals surface area (Å²) in [5, 5.41) is 1.06. The molecule has 0 spiro atoms. The van der Waals surface area contributed by atoms with Gasteiger partial charge in [-0.3, -0.25) is 0 Å². The lowest BCUT2D eigenvalue weighted by atomic mass is 10.3. The second-order valence-corrected chi connectivity index (χ2v) is 6.72. The number of nitrogens with zero attached hydrogens (tertiary/aromatic N) is 3. The first-order chi connectivity index (χ1) is 9.29. The molecule has 112 valence electrons. The lowest BCUT2D eigenvalue weighted by molar-refractivity contribution is 0.455. The fourth-order valence-electron chi connectivity index (χ4n) is 1.84. The number of rotatable bonds is 4. The van der Waals surface area contributed by atoms with Crippen LogP contribution in [0.5, 0.6) is 0 Å². The summed E-state index contributed by atoms with van der Waals surface area (Å²) in [5.74, 6) is 3.99. The topological polar surface area (TPSA) is 54.5 Å². The molecule has 0 radical (unpaired) electrons. The summed E-state index contributed by atoms with van der Waals surface area (Å²) in [5.41, 5.74) is 7.21. The summed E-state index contributed by atoms with van der Waals surface area (Å²) < 4.78 is 0. The molecule has 1 aromatic heterocycles. The van der Waals surface area contributed by atoms with Gasteiger partial charge in [-0.25, -0.2) is 9.98 Å². The Morgan fingerprint density at radius 1 is 1.50 bits per heavy atom. The van der Waals surface area contributed by atoms with E-state index in [2.05, 4.69) is 27.9 Å². The summed E-state index contributed by atoms with van der Waals surface area (Å²) in [6.45, 7) is 4.78. The molecule has 0 saturated carbocycles. The third kappa shape index (κ3) is 5.69. The van der Waals surface area contributed by atoms with Gasteiger partial charge in [0, 0.05) is 30.8 Å².